The first kappa shape index (κ1) is 13.9. The maximum atomic E-state index is 12.4. The van der Waals surface area contributed by atoms with Gasteiger partial charge in [0.15, 0.2) is 0 Å². The summed E-state index contributed by atoms with van der Waals surface area (Å²) in [6.07, 6.45) is 10.0. The number of amides is 1. The lowest BCUT2D eigenvalue weighted by molar-refractivity contribution is 0.0578. The number of carbonyl (C=O) groups excluding carboxylic acids is 1. The maximum Gasteiger partial charge on any atom is 0.274 e. The highest BCUT2D eigenvalue weighted by atomic mass is 16.5. The largest absolute Gasteiger partial charge is 0.385 e. The fourth-order valence-corrected chi connectivity index (χ4v) is 2.59. The Morgan fingerprint density at radius 2 is 2.37 bits per heavy atom. The van der Waals surface area contributed by atoms with E-state index < -0.39 is 0 Å². The molecule has 104 valence electrons. The van der Waals surface area contributed by atoms with E-state index >= 15 is 0 Å². The van der Waals surface area contributed by atoms with Crippen molar-refractivity contribution in [3.63, 3.8) is 0 Å². The number of methoxy groups -OCH3 is 1. The van der Waals surface area contributed by atoms with E-state index in [9.17, 15) is 4.79 Å². The zero-order valence-electron chi connectivity index (χ0n) is 11.4. The lowest BCUT2D eigenvalue weighted by Gasteiger charge is -2.35. The van der Waals surface area contributed by atoms with Gasteiger partial charge in [-0.3, -0.25) is 9.78 Å². The SMILES string of the molecule is COCCCC1CCCCN1C(=O)c1cnccn1. The number of piperidine rings is 1. The fourth-order valence-electron chi connectivity index (χ4n) is 2.59. The molecule has 1 atom stereocenters. The van der Waals surface area contributed by atoms with E-state index in [4.69, 9.17) is 4.74 Å². The third-order valence-electron chi connectivity index (χ3n) is 3.56. The molecule has 5 nitrogen and oxygen atoms in total. The average molecular weight is 263 g/mol. The van der Waals surface area contributed by atoms with Gasteiger partial charge in [0.1, 0.15) is 5.69 Å². The van der Waals surface area contributed by atoms with Gasteiger partial charge in [0, 0.05) is 38.7 Å². The molecule has 1 aromatic rings. The smallest absolute Gasteiger partial charge is 0.274 e. The normalized spacial score (nSPS) is 19.4. The maximum absolute atomic E-state index is 12.4. The van der Waals surface area contributed by atoms with Crippen molar-refractivity contribution in [3.05, 3.63) is 24.3 Å². The number of hydrogen-bond donors (Lipinski definition) is 0. The van der Waals surface area contributed by atoms with E-state index in [1.165, 1.54) is 6.42 Å². The first-order valence-electron chi connectivity index (χ1n) is 6.89. The van der Waals surface area contributed by atoms with Gasteiger partial charge in [0.25, 0.3) is 5.91 Å². The monoisotopic (exact) mass is 263 g/mol. The molecule has 1 fully saturated rings. The molecule has 1 aromatic heterocycles. The van der Waals surface area contributed by atoms with Gasteiger partial charge in [-0.05, 0) is 32.1 Å². The molecule has 0 bridgehead atoms. The Hall–Kier alpha value is -1.49. The second kappa shape index (κ2) is 7.19. The second-order valence-electron chi connectivity index (χ2n) is 4.87. The Morgan fingerprint density at radius 1 is 1.47 bits per heavy atom. The molecule has 1 aliphatic heterocycles. The number of hydrogen-bond acceptors (Lipinski definition) is 4. The molecule has 1 amide bonds. The summed E-state index contributed by atoms with van der Waals surface area (Å²) in [6.45, 7) is 1.58. The van der Waals surface area contributed by atoms with Gasteiger partial charge in [-0.1, -0.05) is 0 Å². The lowest BCUT2D eigenvalue weighted by Crippen LogP contribution is -2.44. The molecule has 0 aromatic carbocycles. The highest BCUT2D eigenvalue weighted by Gasteiger charge is 2.27. The zero-order chi connectivity index (χ0) is 13.5. The molecule has 0 radical (unpaired) electrons. The summed E-state index contributed by atoms with van der Waals surface area (Å²) in [5.41, 5.74) is 0.446. The summed E-state index contributed by atoms with van der Waals surface area (Å²) < 4.78 is 5.09. The molecule has 0 spiro atoms. The van der Waals surface area contributed by atoms with E-state index in [1.807, 2.05) is 4.90 Å². The average Bonchev–Trinajstić information content (AvgIpc) is 2.48. The van der Waals surface area contributed by atoms with E-state index in [0.29, 0.717) is 11.7 Å². The summed E-state index contributed by atoms with van der Waals surface area (Å²) in [7, 11) is 1.71. The molecule has 2 heterocycles. The summed E-state index contributed by atoms with van der Waals surface area (Å²) in [5, 5.41) is 0. The highest BCUT2D eigenvalue weighted by Crippen LogP contribution is 2.22. The minimum atomic E-state index is 0.00946. The molecule has 0 N–H and O–H groups in total. The number of rotatable bonds is 5. The molecule has 19 heavy (non-hydrogen) atoms. The highest BCUT2D eigenvalue weighted by molar-refractivity contribution is 5.92. The number of carbonyl (C=O) groups is 1. The van der Waals surface area contributed by atoms with Crippen molar-refractivity contribution in [2.45, 2.75) is 38.1 Å². The molecule has 5 heteroatoms. The Balaban J connectivity index is 2.00. The van der Waals surface area contributed by atoms with Crippen LogP contribution in [0.15, 0.2) is 18.6 Å². The summed E-state index contributed by atoms with van der Waals surface area (Å²) in [4.78, 5) is 22.5. The van der Waals surface area contributed by atoms with Crippen molar-refractivity contribution >= 4 is 5.91 Å². The van der Waals surface area contributed by atoms with E-state index in [2.05, 4.69) is 9.97 Å². The zero-order valence-corrected chi connectivity index (χ0v) is 11.4. The minimum Gasteiger partial charge on any atom is -0.385 e. The van der Waals surface area contributed by atoms with Gasteiger partial charge in [0.05, 0.1) is 6.20 Å². The quantitative estimate of drug-likeness (QED) is 0.761. The first-order valence-corrected chi connectivity index (χ1v) is 6.89. The van der Waals surface area contributed by atoms with Crippen LogP contribution in [0.25, 0.3) is 0 Å². The van der Waals surface area contributed by atoms with Crippen LogP contribution in [-0.2, 0) is 4.74 Å². The van der Waals surface area contributed by atoms with Crippen LogP contribution < -0.4 is 0 Å². The molecule has 0 saturated carbocycles. The Morgan fingerprint density at radius 3 is 3.11 bits per heavy atom. The molecular formula is C14H21N3O2. The van der Waals surface area contributed by atoms with Gasteiger partial charge < -0.3 is 9.64 Å². The van der Waals surface area contributed by atoms with Crippen LogP contribution in [-0.4, -0.2) is 47.1 Å². The topological polar surface area (TPSA) is 55.3 Å². The van der Waals surface area contributed by atoms with Gasteiger partial charge in [-0.2, -0.15) is 0 Å². The number of nitrogens with zero attached hydrogens (tertiary/aromatic N) is 3. The number of ether oxygens (including phenoxy) is 1. The Labute approximate surface area is 114 Å². The Bertz CT molecular complexity index is 397. The lowest BCUT2D eigenvalue weighted by atomic mass is 9.97. The van der Waals surface area contributed by atoms with Gasteiger partial charge >= 0.3 is 0 Å². The summed E-state index contributed by atoms with van der Waals surface area (Å²) in [6, 6.07) is 0.318. The second-order valence-corrected chi connectivity index (χ2v) is 4.87. The minimum absolute atomic E-state index is 0.00946. The summed E-state index contributed by atoms with van der Waals surface area (Å²) >= 11 is 0. The fraction of sp³-hybridized carbons (Fsp3) is 0.643. The molecule has 1 aliphatic rings. The van der Waals surface area contributed by atoms with Crippen molar-refractivity contribution in [2.75, 3.05) is 20.3 Å². The van der Waals surface area contributed by atoms with Crippen molar-refractivity contribution in [1.82, 2.24) is 14.9 Å². The van der Waals surface area contributed by atoms with E-state index in [0.717, 1.165) is 38.8 Å². The van der Waals surface area contributed by atoms with Crippen LogP contribution in [0.1, 0.15) is 42.6 Å². The van der Waals surface area contributed by atoms with Crippen molar-refractivity contribution in [1.29, 1.82) is 0 Å². The van der Waals surface area contributed by atoms with Gasteiger partial charge in [0.2, 0.25) is 0 Å². The summed E-state index contributed by atoms with van der Waals surface area (Å²) in [5.74, 6) is 0.00946. The van der Waals surface area contributed by atoms with Gasteiger partial charge in [-0.25, -0.2) is 4.98 Å². The standard InChI is InChI=1S/C14H21N3O2/c1-19-10-4-6-12-5-2-3-9-17(12)14(18)13-11-15-7-8-16-13/h7-8,11-12H,2-6,9-10H2,1H3. The molecule has 1 saturated heterocycles. The predicted molar refractivity (Wildman–Crippen MR) is 71.8 cm³/mol. The molecule has 1 unspecified atom stereocenters. The Kier molecular flexibility index (Phi) is 5.27. The van der Waals surface area contributed by atoms with Crippen LogP contribution in [0.2, 0.25) is 0 Å². The van der Waals surface area contributed by atoms with Crippen molar-refractivity contribution < 1.29 is 9.53 Å². The van der Waals surface area contributed by atoms with E-state index in [1.54, 1.807) is 25.7 Å². The third kappa shape index (κ3) is 3.73. The van der Waals surface area contributed by atoms with Crippen LogP contribution in [0, 0.1) is 0 Å². The predicted octanol–water partition coefficient (Wildman–Crippen LogP) is 1.90. The van der Waals surface area contributed by atoms with Gasteiger partial charge in [-0.15, -0.1) is 0 Å². The molecular weight excluding hydrogens is 242 g/mol. The van der Waals surface area contributed by atoms with E-state index in [-0.39, 0.29) is 5.91 Å². The van der Waals surface area contributed by atoms with Crippen LogP contribution in [0.4, 0.5) is 0 Å². The number of likely N-dealkylation sites (tertiary alicyclic amines) is 1. The molecule has 0 aliphatic carbocycles. The molecule has 2 rings (SSSR count). The van der Waals surface area contributed by atoms with Crippen molar-refractivity contribution in [2.24, 2.45) is 0 Å². The van der Waals surface area contributed by atoms with Crippen LogP contribution in [0.3, 0.4) is 0 Å². The third-order valence-corrected chi connectivity index (χ3v) is 3.56. The van der Waals surface area contributed by atoms with Crippen LogP contribution in [0.5, 0.6) is 0 Å². The van der Waals surface area contributed by atoms with Crippen LogP contribution >= 0.6 is 0 Å². The number of aromatic nitrogens is 2. The first-order chi connectivity index (χ1) is 9.33. The van der Waals surface area contributed by atoms with Crippen molar-refractivity contribution in [3.8, 4) is 0 Å².